The van der Waals surface area contributed by atoms with Gasteiger partial charge in [0.2, 0.25) is 0 Å². The molecule has 16 heavy (non-hydrogen) atoms. The topological polar surface area (TPSA) is 35.2 Å². The van der Waals surface area contributed by atoms with Crippen molar-refractivity contribution in [3.05, 3.63) is 35.4 Å². The highest BCUT2D eigenvalue weighted by molar-refractivity contribution is 5.39. The number of ether oxygens (including phenoxy) is 1. The van der Waals surface area contributed by atoms with Crippen molar-refractivity contribution in [1.29, 1.82) is 0 Å². The van der Waals surface area contributed by atoms with Gasteiger partial charge in [-0.3, -0.25) is 0 Å². The number of hydrogen-bond donors (Lipinski definition) is 1. The Morgan fingerprint density at radius 2 is 2.12 bits per heavy atom. The molecule has 0 spiro atoms. The van der Waals surface area contributed by atoms with Crippen LogP contribution in [0.1, 0.15) is 36.3 Å². The van der Waals surface area contributed by atoms with Gasteiger partial charge in [-0.05, 0) is 36.8 Å². The Kier molecular flexibility index (Phi) is 2.70. The van der Waals surface area contributed by atoms with E-state index in [2.05, 4.69) is 24.3 Å². The number of rotatable bonds is 3. The lowest BCUT2D eigenvalue weighted by Crippen LogP contribution is -2.25. The Bertz CT molecular complexity index is 377. The summed E-state index contributed by atoms with van der Waals surface area (Å²) in [6.07, 6.45) is 4.94. The van der Waals surface area contributed by atoms with Crippen LogP contribution >= 0.6 is 0 Å². The van der Waals surface area contributed by atoms with Crippen molar-refractivity contribution >= 4 is 0 Å². The highest BCUT2D eigenvalue weighted by atomic mass is 16.5. The zero-order valence-electron chi connectivity index (χ0n) is 9.56. The molecule has 0 aliphatic heterocycles. The lowest BCUT2D eigenvalue weighted by molar-refractivity contribution is 0.0437. The molecule has 1 fully saturated rings. The molecule has 2 nitrogen and oxygen atoms in total. The first-order chi connectivity index (χ1) is 7.83. The Hall–Kier alpha value is -0.860. The van der Waals surface area contributed by atoms with Crippen LogP contribution in [-0.4, -0.2) is 18.8 Å². The molecule has 2 heteroatoms. The third kappa shape index (κ3) is 1.87. The molecule has 3 rings (SSSR count). The molecule has 1 aromatic rings. The van der Waals surface area contributed by atoms with Crippen molar-refractivity contribution in [3.8, 4) is 0 Å². The molecule has 0 bridgehead atoms. The summed E-state index contributed by atoms with van der Waals surface area (Å²) in [5, 5.41) is 0. The van der Waals surface area contributed by atoms with Crippen LogP contribution in [0, 0.1) is 0 Å². The minimum atomic E-state index is 0.374. The average molecular weight is 217 g/mol. The third-order valence-corrected chi connectivity index (χ3v) is 3.92. The summed E-state index contributed by atoms with van der Waals surface area (Å²) in [5.74, 6) is 0.632. The minimum Gasteiger partial charge on any atom is -0.378 e. The summed E-state index contributed by atoms with van der Waals surface area (Å²) in [6, 6.07) is 9.06. The largest absolute Gasteiger partial charge is 0.378 e. The molecule has 2 aliphatic carbocycles. The van der Waals surface area contributed by atoms with Gasteiger partial charge in [0.1, 0.15) is 0 Å². The van der Waals surface area contributed by atoms with Gasteiger partial charge in [-0.25, -0.2) is 0 Å². The summed E-state index contributed by atoms with van der Waals surface area (Å²) in [7, 11) is 0. The second-order valence-corrected chi connectivity index (χ2v) is 5.13. The maximum Gasteiger partial charge on any atom is 0.0590 e. The first-order valence-electron chi connectivity index (χ1n) is 6.28. The van der Waals surface area contributed by atoms with Crippen molar-refractivity contribution in [1.82, 2.24) is 0 Å². The minimum absolute atomic E-state index is 0.374. The van der Waals surface area contributed by atoms with Gasteiger partial charge in [-0.15, -0.1) is 0 Å². The van der Waals surface area contributed by atoms with E-state index in [0.717, 1.165) is 25.9 Å². The Labute approximate surface area is 96.8 Å². The van der Waals surface area contributed by atoms with Gasteiger partial charge in [0.25, 0.3) is 0 Å². The highest BCUT2D eigenvalue weighted by Crippen LogP contribution is 2.35. The zero-order valence-corrected chi connectivity index (χ0v) is 9.56. The molecule has 2 N–H and O–H groups in total. The average Bonchev–Trinajstić information content (AvgIpc) is 2.66. The first-order valence-corrected chi connectivity index (χ1v) is 6.28. The maximum atomic E-state index is 5.95. The smallest absolute Gasteiger partial charge is 0.0590 e. The molecule has 0 heterocycles. The van der Waals surface area contributed by atoms with E-state index in [-0.39, 0.29) is 0 Å². The predicted molar refractivity (Wildman–Crippen MR) is 64.5 cm³/mol. The van der Waals surface area contributed by atoms with E-state index in [1.165, 1.54) is 17.5 Å². The standard InChI is InChI=1S/C14H19NO/c15-12-5-6-13(8-12)16-9-11-7-10-3-1-2-4-14(10)11/h1-4,11-13H,5-9,15H2. The van der Waals surface area contributed by atoms with E-state index in [4.69, 9.17) is 10.5 Å². The van der Waals surface area contributed by atoms with Gasteiger partial charge >= 0.3 is 0 Å². The fourth-order valence-electron chi connectivity index (χ4n) is 2.89. The van der Waals surface area contributed by atoms with Crippen molar-refractivity contribution in [3.63, 3.8) is 0 Å². The van der Waals surface area contributed by atoms with Gasteiger partial charge in [-0.1, -0.05) is 24.3 Å². The van der Waals surface area contributed by atoms with Crippen molar-refractivity contribution < 1.29 is 4.74 Å². The van der Waals surface area contributed by atoms with Crippen molar-refractivity contribution in [2.45, 2.75) is 43.7 Å². The van der Waals surface area contributed by atoms with Gasteiger partial charge < -0.3 is 10.5 Å². The van der Waals surface area contributed by atoms with Crippen LogP contribution in [0.4, 0.5) is 0 Å². The van der Waals surface area contributed by atoms with E-state index in [0.29, 0.717) is 18.1 Å². The molecule has 0 radical (unpaired) electrons. The predicted octanol–water partition coefficient (Wildman–Crippen LogP) is 2.22. The van der Waals surface area contributed by atoms with Crippen LogP contribution in [0.15, 0.2) is 24.3 Å². The Balaban J connectivity index is 1.51. The Morgan fingerprint density at radius 3 is 2.88 bits per heavy atom. The molecule has 86 valence electrons. The van der Waals surface area contributed by atoms with E-state index in [1.807, 2.05) is 0 Å². The molecule has 3 atom stereocenters. The van der Waals surface area contributed by atoms with E-state index in [9.17, 15) is 0 Å². The summed E-state index contributed by atoms with van der Waals surface area (Å²) in [5.41, 5.74) is 8.86. The molecule has 3 unspecified atom stereocenters. The van der Waals surface area contributed by atoms with Gasteiger partial charge in [0.15, 0.2) is 0 Å². The molecule has 2 aliphatic rings. The summed E-state index contributed by atoms with van der Waals surface area (Å²) >= 11 is 0. The highest BCUT2D eigenvalue weighted by Gasteiger charge is 2.28. The van der Waals surface area contributed by atoms with Crippen LogP contribution < -0.4 is 5.73 Å². The number of hydrogen-bond acceptors (Lipinski definition) is 2. The normalized spacial score (nSPS) is 32.2. The fourth-order valence-corrected chi connectivity index (χ4v) is 2.89. The monoisotopic (exact) mass is 217 g/mol. The van der Waals surface area contributed by atoms with Crippen LogP contribution in [0.2, 0.25) is 0 Å². The van der Waals surface area contributed by atoms with Gasteiger partial charge in [-0.2, -0.15) is 0 Å². The van der Waals surface area contributed by atoms with Crippen molar-refractivity contribution in [2.24, 2.45) is 5.73 Å². The molecule has 0 amide bonds. The molecule has 1 aromatic carbocycles. The molecule has 0 saturated heterocycles. The van der Waals surface area contributed by atoms with Crippen LogP contribution in [0.3, 0.4) is 0 Å². The quantitative estimate of drug-likeness (QED) is 0.842. The molecule has 0 aromatic heterocycles. The number of fused-ring (bicyclic) bond motifs is 1. The summed E-state index contributed by atoms with van der Waals surface area (Å²) < 4.78 is 5.95. The van der Waals surface area contributed by atoms with Crippen LogP contribution in [0.25, 0.3) is 0 Å². The maximum absolute atomic E-state index is 5.95. The molecular weight excluding hydrogens is 198 g/mol. The zero-order chi connectivity index (χ0) is 11.0. The number of benzene rings is 1. The summed E-state index contributed by atoms with van der Waals surface area (Å²) in [4.78, 5) is 0. The van der Waals surface area contributed by atoms with Crippen molar-refractivity contribution in [2.75, 3.05) is 6.61 Å². The van der Waals surface area contributed by atoms with E-state index < -0.39 is 0 Å². The summed E-state index contributed by atoms with van der Waals surface area (Å²) in [6.45, 7) is 0.883. The second-order valence-electron chi connectivity index (χ2n) is 5.13. The third-order valence-electron chi connectivity index (χ3n) is 3.92. The van der Waals surface area contributed by atoms with Crippen LogP contribution in [0.5, 0.6) is 0 Å². The van der Waals surface area contributed by atoms with Crippen LogP contribution in [-0.2, 0) is 11.2 Å². The first kappa shape index (κ1) is 10.3. The van der Waals surface area contributed by atoms with Gasteiger partial charge in [0, 0.05) is 12.0 Å². The molecule has 1 saturated carbocycles. The SMILES string of the molecule is NC1CCC(OCC2Cc3ccccc32)C1. The lowest BCUT2D eigenvalue weighted by atomic mass is 9.78. The van der Waals surface area contributed by atoms with E-state index >= 15 is 0 Å². The van der Waals surface area contributed by atoms with Gasteiger partial charge in [0.05, 0.1) is 12.7 Å². The molecular formula is C14H19NO. The number of nitrogens with two attached hydrogens (primary N) is 1. The fraction of sp³-hybridized carbons (Fsp3) is 0.571. The Morgan fingerprint density at radius 1 is 1.25 bits per heavy atom. The lowest BCUT2D eigenvalue weighted by Gasteiger charge is -2.30. The second kappa shape index (κ2) is 4.19. The van der Waals surface area contributed by atoms with E-state index in [1.54, 1.807) is 0 Å².